The summed E-state index contributed by atoms with van der Waals surface area (Å²) in [6.07, 6.45) is 4.50. The molecule has 0 atom stereocenters. The number of hydrogen-bond acceptors (Lipinski definition) is 3. The molecule has 1 amide bonds. The number of carbonyl (C=O) groups excluding carboxylic acids is 1. The average Bonchev–Trinajstić information content (AvgIpc) is 2.83. The van der Waals surface area contributed by atoms with E-state index in [1.807, 2.05) is 23.8 Å². The van der Waals surface area contributed by atoms with Crippen molar-refractivity contribution in [3.8, 4) is 5.88 Å². The summed E-state index contributed by atoms with van der Waals surface area (Å²) in [7, 11) is 0. The number of nitrogens with zero attached hydrogens (tertiary/aromatic N) is 2. The molecule has 1 N–H and O–H groups in total. The van der Waals surface area contributed by atoms with Crippen LogP contribution in [0.4, 0.5) is 5.69 Å². The smallest absolute Gasteiger partial charge is 0.272 e. The van der Waals surface area contributed by atoms with Gasteiger partial charge in [-0.2, -0.15) is 0 Å². The number of aromatic nitrogens is 2. The fraction of sp³-hybridized carbons (Fsp3) is 0.333. The third-order valence-corrected chi connectivity index (χ3v) is 3.29. The van der Waals surface area contributed by atoms with Crippen LogP contribution >= 0.6 is 15.9 Å². The van der Waals surface area contributed by atoms with Crippen LogP contribution in [0.2, 0.25) is 0 Å². The summed E-state index contributed by atoms with van der Waals surface area (Å²) in [5, 5.41) is 2.86. The fourth-order valence-electron chi connectivity index (χ4n) is 2.02. The topological polar surface area (TPSA) is 56.2 Å². The number of carbonyl (C=O) groups is 1. The highest BCUT2D eigenvalue weighted by Gasteiger charge is 2.15. The zero-order valence-electron chi connectivity index (χ0n) is 12.1. The minimum Gasteiger partial charge on any atom is -0.476 e. The number of hydrogen-bond donors (Lipinski definition) is 1. The van der Waals surface area contributed by atoms with E-state index in [2.05, 4.69) is 33.2 Å². The number of halogens is 1. The van der Waals surface area contributed by atoms with Crippen LogP contribution in [-0.2, 0) is 6.54 Å². The van der Waals surface area contributed by atoms with E-state index in [1.165, 1.54) is 0 Å². The molecule has 0 radical (unpaired) electrons. The molecule has 0 aromatic carbocycles. The van der Waals surface area contributed by atoms with Gasteiger partial charge in [0.25, 0.3) is 5.91 Å². The number of ether oxygens (including phenoxy) is 1. The van der Waals surface area contributed by atoms with E-state index in [4.69, 9.17) is 4.74 Å². The van der Waals surface area contributed by atoms with Crippen LogP contribution in [0, 0.1) is 0 Å². The second-order valence-electron chi connectivity index (χ2n) is 4.48. The summed E-state index contributed by atoms with van der Waals surface area (Å²) >= 11 is 3.41. The van der Waals surface area contributed by atoms with Gasteiger partial charge in [-0.05, 0) is 47.5 Å². The average molecular weight is 352 g/mol. The highest BCUT2D eigenvalue weighted by Crippen LogP contribution is 2.22. The molecule has 112 valence electrons. The maximum atomic E-state index is 12.4. The molecule has 0 fully saturated rings. The largest absolute Gasteiger partial charge is 0.476 e. The molecule has 2 aromatic heterocycles. The van der Waals surface area contributed by atoms with Crippen LogP contribution in [-0.4, -0.2) is 22.1 Å². The molecule has 0 saturated carbocycles. The number of amides is 1. The van der Waals surface area contributed by atoms with Crippen molar-refractivity contribution in [3.63, 3.8) is 0 Å². The van der Waals surface area contributed by atoms with E-state index in [-0.39, 0.29) is 5.91 Å². The summed E-state index contributed by atoms with van der Waals surface area (Å²) < 4.78 is 8.23. The molecule has 0 bridgehead atoms. The first-order valence-corrected chi connectivity index (χ1v) is 7.69. The van der Waals surface area contributed by atoms with Crippen LogP contribution in [0.15, 0.2) is 35.1 Å². The van der Waals surface area contributed by atoms with Gasteiger partial charge in [0.15, 0.2) is 0 Å². The van der Waals surface area contributed by atoms with E-state index < -0.39 is 0 Å². The molecule has 0 unspecified atom stereocenters. The van der Waals surface area contributed by atoms with E-state index in [0.29, 0.717) is 23.9 Å². The normalized spacial score (nSPS) is 10.4. The molecule has 0 aliphatic rings. The molecule has 2 rings (SSSR count). The van der Waals surface area contributed by atoms with Crippen LogP contribution < -0.4 is 10.1 Å². The highest BCUT2D eigenvalue weighted by atomic mass is 79.9. The summed E-state index contributed by atoms with van der Waals surface area (Å²) in [6.45, 7) is 5.24. The van der Waals surface area contributed by atoms with Crippen LogP contribution in [0.5, 0.6) is 5.88 Å². The quantitative estimate of drug-likeness (QED) is 0.862. The van der Waals surface area contributed by atoms with Gasteiger partial charge in [-0.1, -0.05) is 6.92 Å². The van der Waals surface area contributed by atoms with E-state index >= 15 is 0 Å². The lowest BCUT2D eigenvalue weighted by molar-refractivity contribution is 0.101. The fourth-order valence-corrected chi connectivity index (χ4v) is 2.48. The minimum atomic E-state index is -0.178. The molecular formula is C15H18BrN3O2. The van der Waals surface area contributed by atoms with Gasteiger partial charge >= 0.3 is 0 Å². The molecule has 5 nitrogen and oxygen atoms in total. The highest BCUT2D eigenvalue weighted by molar-refractivity contribution is 9.10. The molecular weight excluding hydrogens is 334 g/mol. The molecule has 0 aliphatic carbocycles. The SMILES string of the molecule is CCCn1cc(Br)cc1C(=O)Nc1cccnc1OCC. The first kappa shape index (κ1) is 15.6. The van der Waals surface area contributed by atoms with Gasteiger partial charge in [-0.25, -0.2) is 4.98 Å². The zero-order valence-corrected chi connectivity index (χ0v) is 13.7. The van der Waals surface area contributed by atoms with E-state index in [1.54, 1.807) is 18.3 Å². The Morgan fingerprint density at radius 2 is 2.29 bits per heavy atom. The summed E-state index contributed by atoms with van der Waals surface area (Å²) in [5.41, 5.74) is 1.18. The lowest BCUT2D eigenvalue weighted by Gasteiger charge is -2.11. The molecule has 0 spiro atoms. The number of anilines is 1. The van der Waals surface area contributed by atoms with Crippen molar-refractivity contribution in [1.29, 1.82) is 0 Å². The maximum Gasteiger partial charge on any atom is 0.272 e. The van der Waals surface area contributed by atoms with Gasteiger partial charge in [0, 0.05) is 23.4 Å². The van der Waals surface area contributed by atoms with Gasteiger partial charge in [0.05, 0.1) is 6.61 Å². The van der Waals surface area contributed by atoms with Crippen molar-refractivity contribution in [1.82, 2.24) is 9.55 Å². The first-order valence-electron chi connectivity index (χ1n) is 6.90. The Kier molecular flexibility index (Phi) is 5.38. The molecule has 2 heterocycles. The van der Waals surface area contributed by atoms with Crippen molar-refractivity contribution >= 4 is 27.5 Å². The van der Waals surface area contributed by atoms with Crippen molar-refractivity contribution in [2.45, 2.75) is 26.8 Å². The Morgan fingerprint density at radius 3 is 3.00 bits per heavy atom. The lowest BCUT2D eigenvalue weighted by atomic mass is 10.3. The standard InChI is InChI=1S/C15H18BrN3O2/c1-3-8-19-10-11(16)9-13(19)14(20)18-12-6-5-7-17-15(12)21-4-2/h5-7,9-10H,3-4,8H2,1-2H3,(H,18,20). The molecule has 0 aliphatic heterocycles. The summed E-state index contributed by atoms with van der Waals surface area (Å²) in [6, 6.07) is 5.35. The summed E-state index contributed by atoms with van der Waals surface area (Å²) in [5.74, 6) is 0.254. The molecule has 21 heavy (non-hydrogen) atoms. The third kappa shape index (κ3) is 3.85. The maximum absolute atomic E-state index is 12.4. The second kappa shape index (κ2) is 7.26. The van der Waals surface area contributed by atoms with Crippen molar-refractivity contribution < 1.29 is 9.53 Å². The second-order valence-corrected chi connectivity index (χ2v) is 5.40. The first-order chi connectivity index (χ1) is 10.2. The van der Waals surface area contributed by atoms with Crippen molar-refractivity contribution in [2.75, 3.05) is 11.9 Å². The predicted octanol–water partition coefficient (Wildman–Crippen LogP) is 3.71. The number of aryl methyl sites for hydroxylation is 1. The Labute approximate surface area is 132 Å². The van der Waals surface area contributed by atoms with E-state index in [0.717, 1.165) is 17.4 Å². The Bertz CT molecular complexity index is 625. The van der Waals surface area contributed by atoms with Crippen LogP contribution in [0.1, 0.15) is 30.8 Å². The lowest BCUT2D eigenvalue weighted by Crippen LogP contribution is -2.17. The molecule has 2 aromatic rings. The Balaban J connectivity index is 2.22. The van der Waals surface area contributed by atoms with Gasteiger partial charge in [-0.15, -0.1) is 0 Å². The van der Waals surface area contributed by atoms with Gasteiger partial charge in [-0.3, -0.25) is 4.79 Å². The van der Waals surface area contributed by atoms with Gasteiger partial charge in [0.1, 0.15) is 11.4 Å². The van der Waals surface area contributed by atoms with E-state index in [9.17, 15) is 4.79 Å². The number of nitrogens with one attached hydrogen (secondary N) is 1. The number of pyridine rings is 1. The van der Waals surface area contributed by atoms with Crippen molar-refractivity contribution in [3.05, 3.63) is 40.8 Å². The van der Waals surface area contributed by atoms with Crippen molar-refractivity contribution in [2.24, 2.45) is 0 Å². The van der Waals surface area contributed by atoms with Crippen LogP contribution in [0.3, 0.4) is 0 Å². The van der Waals surface area contributed by atoms with Gasteiger partial charge in [0.2, 0.25) is 5.88 Å². The van der Waals surface area contributed by atoms with Gasteiger partial charge < -0.3 is 14.6 Å². The molecule has 0 saturated heterocycles. The third-order valence-electron chi connectivity index (χ3n) is 2.86. The Morgan fingerprint density at radius 1 is 1.48 bits per heavy atom. The molecule has 6 heteroatoms. The van der Waals surface area contributed by atoms with Crippen LogP contribution in [0.25, 0.3) is 0 Å². The summed E-state index contributed by atoms with van der Waals surface area (Å²) in [4.78, 5) is 16.6. The minimum absolute atomic E-state index is 0.178. The number of rotatable bonds is 6. The monoisotopic (exact) mass is 351 g/mol. The zero-order chi connectivity index (χ0) is 15.2. The Hall–Kier alpha value is -1.82. The predicted molar refractivity (Wildman–Crippen MR) is 85.8 cm³/mol.